The first-order chi connectivity index (χ1) is 11.7. The minimum Gasteiger partial charge on any atom is -0.488 e. The Kier molecular flexibility index (Phi) is 3.75. The molecule has 3 aromatic carbocycles. The van der Waals surface area contributed by atoms with Crippen molar-refractivity contribution in [2.24, 2.45) is 0 Å². The van der Waals surface area contributed by atoms with E-state index in [0.717, 1.165) is 43.6 Å². The molecule has 0 radical (unpaired) electrons. The van der Waals surface area contributed by atoms with Crippen molar-refractivity contribution in [2.45, 2.75) is 6.61 Å². The number of fused-ring (bicyclic) bond motifs is 2. The van der Waals surface area contributed by atoms with Gasteiger partial charge in [0.1, 0.15) is 12.4 Å². The van der Waals surface area contributed by atoms with E-state index in [1.54, 1.807) is 0 Å². The summed E-state index contributed by atoms with van der Waals surface area (Å²) >= 11 is 6.32. The molecule has 4 rings (SSSR count). The first-order valence-corrected chi connectivity index (χ1v) is 8.17. The molecule has 0 saturated carbocycles. The second-order valence-electron chi connectivity index (χ2n) is 5.81. The third-order valence-electron chi connectivity index (χ3n) is 4.16. The van der Waals surface area contributed by atoms with Gasteiger partial charge in [-0.3, -0.25) is 0 Å². The fraction of sp³-hybridized carbons (Fsp3) is 0.0476. The first kappa shape index (κ1) is 14.9. The molecule has 0 aliphatic carbocycles. The molecule has 3 heteroatoms. The van der Waals surface area contributed by atoms with Crippen LogP contribution in [0.25, 0.3) is 12.2 Å². The number of ether oxygens (including phenoxy) is 1. The monoisotopic (exact) mass is 333 g/mol. The van der Waals surface area contributed by atoms with Gasteiger partial charge >= 0.3 is 0 Å². The number of hydrogen-bond acceptors (Lipinski definition) is 2. The number of hydrogen-bond donors (Lipinski definition) is 1. The summed E-state index contributed by atoms with van der Waals surface area (Å²) in [4.78, 5) is 0. The highest BCUT2D eigenvalue weighted by Gasteiger charge is 2.11. The van der Waals surface area contributed by atoms with Gasteiger partial charge < -0.3 is 10.5 Å². The van der Waals surface area contributed by atoms with Crippen LogP contribution in [0.5, 0.6) is 5.75 Å². The van der Waals surface area contributed by atoms with Crippen LogP contribution in [0, 0.1) is 0 Å². The van der Waals surface area contributed by atoms with E-state index < -0.39 is 0 Å². The Morgan fingerprint density at radius 1 is 1.00 bits per heavy atom. The smallest absolute Gasteiger partial charge is 0.127 e. The Morgan fingerprint density at radius 2 is 1.83 bits per heavy atom. The van der Waals surface area contributed by atoms with E-state index in [2.05, 4.69) is 24.3 Å². The van der Waals surface area contributed by atoms with E-state index in [1.807, 2.05) is 48.5 Å². The number of nitrogen functional groups attached to an aromatic ring is 1. The normalized spacial score (nSPS) is 13.3. The summed E-state index contributed by atoms with van der Waals surface area (Å²) < 4.78 is 6.00. The highest BCUT2D eigenvalue weighted by molar-refractivity contribution is 6.31. The molecule has 0 saturated heterocycles. The van der Waals surface area contributed by atoms with Gasteiger partial charge in [-0.2, -0.15) is 0 Å². The van der Waals surface area contributed by atoms with Gasteiger partial charge in [-0.1, -0.05) is 48.0 Å². The van der Waals surface area contributed by atoms with Crippen LogP contribution >= 0.6 is 11.6 Å². The molecule has 2 nitrogen and oxygen atoms in total. The van der Waals surface area contributed by atoms with Crippen molar-refractivity contribution in [3.63, 3.8) is 0 Å². The zero-order chi connectivity index (χ0) is 16.5. The maximum atomic E-state index is 6.32. The van der Waals surface area contributed by atoms with Gasteiger partial charge in [-0.25, -0.2) is 0 Å². The van der Waals surface area contributed by atoms with Crippen molar-refractivity contribution >= 4 is 29.4 Å². The van der Waals surface area contributed by atoms with E-state index in [1.165, 1.54) is 0 Å². The molecule has 0 unspecified atom stereocenters. The van der Waals surface area contributed by atoms with Crippen LogP contribution in [0.3, 0.4) is 0 Å². The van der Waals surface area contributed by atoms with Crippen LogP contribution in [0.15, 0.2) is 60.7 Å². The third-order valence-corrected chi connectivity index (χ3v) is 4.51. The topological polar surface area (TPSA) is 35.2 Å². The first-order valence-electron chi connectivity index (χ1n) is 7.79. The standard InChI is InChI=1S/C21H16ClNO/c22-20-8-2-5-16-12-18-15(10-14-4-1-7-17(23)11-14)6-3-9-21(18)24-13-19(16)20/h1-12H,13,23H2/b15-10+. The lowest BCUT2D eigenvalue weighted by Gasteiger charge is -2.07. The van der Waals surface area contributed by atoms with Crippen LogP contribution in [0.1, 0.15) is 16.7 Å². The molecule has 1 heterocycles. The minimum absolute atomic E-state index is 0.472. The van der Waals surface area contributed by atoms with Crippen LogP contribution in [-0.4, -0.2) is 0 Å². The zero-order valence-electron chi connectivity index (χ0n) is 13.0. The van der Waals surface area contributed by atoms with Crippen LogP contribution in [-0.2, 0) is 6.61 Å². The van der Waals surface area contributed by atoms with Crippen molar-refractivity contribution in [2.75, 3.05) is 5.73 Å². The second-order valence-corrected chi connectivity index (χ2v) is 6.22. The molecule has 24 heavy (non-hydrogen) atoms. The minimum atomic E-state index is 0.472. The predicted octanol–water partition coefficient (Wildman–Crippen LogP) is 3.47. The molecule has 1 aliphatic rings. The number of rotatable bonds is 1. The highest BCUT2D eigenvalue weighted by atomic mass is 35.5. The van der Waals surface area contributed by atoms with Crippen LogP contribution < -0.4 is 20.9 Å². The number of benzene rings is 3. The Bertz CT molecular complexity index is 1040. The predicted molar refractivity (Wildman–Crippen MR) is 99.5 cm³/mol. The van der Waals surface area contributed by atoms with E-state index >= 15 is 0 Å². The van der Waals surface area contributed by atoms with Crippen molar-refractivity contribution < 1.29 is 4.74 Å². The van der Waals surface area contributed by atoms with Gasteiger partial charge in [0, 0.05) is 21.5 Å². The molecule has 0 atom stereocenters. The van der Waals surface area contributed by atoms with E-state index in [-0.39, 0.29) is 0 Å². The number of anilines is 1. The molecule has 1 aliphatic heterocycles. The van der Waals surface area contributed by atoms with Gasteiger partial charge in [0.05, 0.1) is 0 Å². The van der Waals surface area contributed by atoms with Crippen LogP contribution in [0.4, 0.5) is 5.69 Å². The van der Waals surface area contributed by atoms with E-state index in [4.69, 9.17) is 22.1 Å². The summed E-state index contributed by atoms with van der Waals surface area (Å²) in [7, 11) is 0. The lowest BCUT2D eigenvalue weighted by Crippen LogP contribution is -2.25. The molecule has 0 spiro atoms. The van der Waals surface area contributed by atoms with E-state index in [0.29, 0.717) is 6.61 Å². The average molecular weight is 334 g/mol. The van der Waals surface area contributed by atoms with E-state index in [9.17, 15) is 0 Å². The second kappa shape index (κ2) is 6.06. The van der Waals surface area contributed by atoms with Gasteiger partial charge in [0.15, 0.2) is 0 Å². The summed E-state index contributed by atoms with van der Waals surface area (Å²) in [6.45, 7) is 0.472. The lowest BCUT2D eigenvalue weighted by atomic mass is 10.1. The van der Waals surface area contributed by atoms with Crippen molar-refractivity contribution in [3.8, 4) is 5.75 Å². The molecule has 118 valence electrons. The van der Waals surface area contributed by atoms with Crippen molar-refractivity contribution in [1.82, 2.24) is 0 Å². The Hall–Kier alpha value is -2.71. The molecule has 0 amide bonds. The van der Waals surface area contributed by atoms with Crippen molar-refractivity contribution in [3.05, 3.63) is 92.8 Å². The zero-order valence-corrected chi connectivity index (χ0v) is 13.8. The van der Waals surface area contributed by atoms with Crippen LogP contribution in [0.2, 0.25) is 5.02 Å². The SMILES string of the molecule is Nc1cccc(/C=c2\cccc3c2=Cc2cccc(Cl)c2CO3)c1. The maximum absolute atomic E-state index is 6.32. The Balaban J connectivity index is 1.98. The highest BCUT2D eigenvalue weighted by Crippen LogP contribution is 2.24. The molecule has 0 bridgehead atoms. The summed E-state index contributed by atoms with van der Waals surface area (Å²) in [6.07, 6.45) is 4.26. The van der Waals surface area contributed by atoms with Crippen molar-refractivity contribution in [1.29, 1.82) is 0 Å². The third kappa shape index (κ3) is 2.77. The molecular formula is C21H16ClNO. The van der Waals surface area contributed by atoms with Gasteiger partial charge in [-0.15, -0.1) is 0 Å². The summed E-state index contributed by atoms with van der Waals surface area (Å²) in [5.74, 6) is 0.861. The average Bonchev–Trinajstić information content (AvgIpc) is 2.76. The van der Waals surface area contributed by atoms with Gasteiger partial charge in [0.25, 0.3) is 0 Å². The molecule has 0 fully saturated rings. The largest absolute Gasteiger partial charge is 0.488 e. The number of nitrogens with two attached hydrogens (primary N) is 1. The fourth-order valence-electron chi connectivity index (χ4n) is 2.96. The Morgan fingerprint density at radius 3 is 2.71 bits per heavy atom. The molecule has 0 aromatic heterocycles. The Labute approximate surface area is 145 Å². The molecule has 2 N–H and O–H groups in total. The lowest BCUT2D eigenvalue weighted by molar-refractivity contribution is 0.305. The summed E-state index contributed by atoms with van der Waals surface area (Å²) in [6, 6.07) is 19.8. The van der Waals surface area contributed by atoms with Gasteiger partial charge in [-0.05, 0) is 52.8 Å². The summed E-state index contributed by atoms with van der Waals surface area (Å²) in [5.41, 5.74) is 9.81. The quantitative estimate of drug-likeness (QED) is 0.692. The number of halogens is 1. The fourth-order valence-corrected chi connectivity index (χ4v) is 3.20. The maximum Gasteiger partial charge on any atom is 0.127 e. The molecule has 3 aromatic rings. The summed E-state index contributed by atoms with van der Waals surface area (Å²) in [5, 5.41) is 2.88. The molecular weight excluding hydrogens is 318 g/mol. The van der Waals surface area contributed by atoms with Gasteiger partial charge in [0.2, 0.25) is 0 Å².